The molecule has 25 heavy (non-hydrogen) atoms. The smallest absolute Gasteiger partial charge is 0.123 e. The maximum atomic E-state index is 13.6. The molecule has 0 spiro atoms. The molecule has 1 atom stereocenters. The molecule has 4 nitrogen and oxygen atoms in total. The summed E-state index contributed by atoms with van der Waals surface area (Å²) in [6.07, 6.45) is 5.52. The van der Waals surface area contributed by atoms with Crippen LogP contribution in [0.4, 0.5) is 4.39 Å². The molecule has 2 aromatic heterocycles. The van der Waals surface area contributed by atoms with E-state index in [0.29, 0.717) is 0 Å². The predicted octanol–water partition coefficient (Wildman–Crippen LogP) is 3.49. The number of hydrogen-bond donors (Lipinski definition) is 1. The molecule has 0 aliphatic carbocycles. The van der Waals surface area contributed by atoms with E-state index in [-0.39, 0.29) is 11.9 Å². The Bertz CT molecular complexity index is 836. The van der Waals surface area contributed by atoms with Gasteiger partial charge in [-0.2, -0.15) is 0 Å². The molecule has 0 saturated carbocycles. The first kappa shape index (κ1) is 16.3. The molecule has 0 amide bonds. The minimum Gasteiger partial charge on any atom is -0.314 e. The third-order valence-corrected chi connectivity index (χ3v) is 5.46. The first-order chi connectivity index (χ1) is 12.3. The highest BCUT2D eigenvalue weighted by Crippen LogP contribution is 2.29. The van der Waals surface area contributed by atoms with Crippen LogP contribution in [0.1, 0.15) is 16.5 Å². The van der Waals surface area contributed by atoms with Crippen molar-refractivity contribution >= 4 is 11.3 Å². The van der Waals surface area contributed by atoms with Gasteiger partial charge in [0.15, 0.2) is 0 Å². The summed E-state index contributed by atoms with van der Waals surface area (Å²) in [7, 11) is 0. The molecule has 1 aliphatic heterocycles. The van der Waals surface area contributed by atoms with Gasteiger partial charge in [0.2, 0.25) is 0 Å². The lowest BCUT2D eigenvalue weighted by atomic mass is 10.0. The lowest BCUT2D eigenvalue weighted by Crippen LogP contribution is -2.45. The lowest BCUT2D eigenvalue weighted by molar-refractivity contribution is 0.155. The molecule has 128 valence electrons. The highest BCUT2D eigenvalue weighted by Gasteiger charge is 2.24. The first-order valence-electron chi connectivity index (χ1n) is 8.35. The fourth-order valence-electron chi connectivity index (χ4n) is 3.19. The van der Waals surface area contributed by atoms with Crippen LogP contribution in [0.25, 0.3) is 10.6 Å². The average molecular weight is 354 g/mol. The third-order valence-electron chi connectivity index (χ3n) is 4.43. The minimum absolute atomic E-state index is 0.177. The van der Waals surface area contributed by atoms with Gasteiger partial charge in [-0.15, -0.1) is 11.3 Å². The zero-order chi connectivity index (χ0) is 17.1. The second-order valence-corrected chi connectivity index (χ2v) is 7.23. The number of pyridine rings is 1. The highest BCUT2D eigenvalue weighted by atomic mass is 32.1. The van der Waals surface area contributed by atoms with Crippen LogP contribution < -0.4 is 5.32 Å². The largest absolute Gasteiger partial charge is 0.314 e. The Morgan fingerprint density at radius 2 is 2.12 bits per heavy atom. The number of hydrogen-bond acceptors (Lipinski definition) is 5. The van der Waals surface area contributed by atoms with Crippen molar-refractivity contribution in [3.05, 3.63) is 71.2 Å². The molecule has 1 N–H and O–H groups in total. The molecule has 1 fully saturated rings. The van der Waals surface area contributed by atoms with Gasteiger partial charge in [-0.25, -0.2) is 9.37 Å². The summed E-state index contributed by atoms with van der Waals surface area (Å²) in [4.78, 5) is 12.2. The van der Waals surface area contributed by atoms with E-state index in [4.69, 9.17) is 0 Å². The summed E-state index contributed by atoms with van der Waals surface area (Å²) in [5.74, 6) is -0.180. The van der Waals surface area contributed by atoms with E-state index in [1.54, 1.807) is 35.9 Å². The van der Waals surface area contributed by atoms with Crippen molar-refractivity contribution < 1.29 is 4.39 Å². The number of benzene rings is 1. The topological polar surface area (TPSA) is 41.0 Å². The molecular weight excluding hydrogens is 335 g/mol. The van der Waals surface area contributed by atoms with Crippen LogP contribution in [0.5, 0.6) is 0 Å². The van der Waals surface area contributed by atoms with E-state index < -0.39 is 0 Å². The molecule has 1 aliphatic rings. The van der Waals surface area contributed by atoms with Crippen molar-refractivity contribution in [3.8, 4) is 10.6 Å². The Balaban J connectivity index is 1.53. The number of nitrogens with one attached hydrogen (secondary N) is 1. The van der Waals surface area contributed by atoms with Crippen LogP contribution in [0, 0.1) is 5.82 Å². The Labute approximate surface area is 150 Å². The second kappa shape index (κ2) is 7.39. The minimum atomic E-state index is -0.180. The van der Waals surface area contributed by atoms with Crippen LogP contribution >= 0.6 is 11.3 Å². The zero-order valence-electron chi connectivity index (χ0n) is 13.7. The Morgan fingerprint density at radius 3 is 2.96 bits per heavy atom. The number of nitrogens with zero attached hydrogens (tertiary/aromatic N) is 3. The van der Waals surface area contributed by atoms with Gasteiger partial charge in [0.25, 0.3) is 0 Å². The Kier molecular flexibility index (Phi) is 4.83. The van der Waals surface area contributed by atoms with Crippen LogP contribution in [-0.2, 0) is 6.54 Å². The van der Waals surface area contributed by atoms with Crippen LogP contribution in [-0.4, -0.2) is 34.5 Å². The fourth-order valence-corrected chi connectivity index (χ4v) is 4.13. The van der Waals surface area contributed by atoms with Crippen molar-refractivity contribution in [3.63, 3.8) is 0 Å². The molecule has 3 aromatic rings. The van der Waals surface area contributed by atoms with E-state index in [2.05, 4.69) is 20.2 Å². The van der Waals surface area contributed by atoms with E-state index in [1.165, 1.54) is 10.9 Å². The SMILES string of the molecule is Fc1cccc(C2CNCCN2Cc2cnc(-c3ccncc3)s2)c1. The summed E-state index contributed by atoms with van der Waals surface area (Å²) in [5.41, 5.74) is 2.11. The van der Waals surface area contributed by atoms with E-state index >= 15 is 0 Å². The molecule has 0 radical (unpaired) electrons. The lowest BCUT2D eigenvalue weighted by Gasteiger charge is -2.36. The first-order valence-corrected chi connectivity index (χ1v) is 9.16. The quantitative estimate of drug-likeness (QED) is 0.779. The molecule has 3 heterocycles. The van der Waals surface area contributed by atoms with Gasteiger partial charge >= 0.3 is 0 Å². The highest BCUT2D eigenvalue weighted by molar-refractivity contribution is 7.15. The van der Waals surface area contributed by atoms with Gasteiger partial charge in [-0.3, -0.25) is 9.88 Å². The molecule has 6 heteroatoms. The Hall–Kier alpha value is -2.15. The number of thiazole rings is 1. The third kappa shape index (κ3) is 3.76. The van der Waals surface area contributed by atoms with Gasteiger partial charge < -0.3 is 5.32 Å². The number of piperazine rings is 1. The molecule has 0 bridgehead atoms. The van der Waals surface area contributed by atoms with Crippen LogP contribution in [0.3, 0.4) is 0 Å². The fraction of sp³-hybridized carbons (Fsp3) is 0.263. The maximum absolute atomic E-state index is 13.6. The van der Waals surface area contributed by atoms with Crippen molar-refractivity contribution in [1.82, 2.24) is 20.2 Å². The van der Waals surface area contributed by atoms with Gasteiger partial charge in [0.05, 0.1) is 0 Å². The molecular formula is C19H19FN4S. The molecule has 4 rings (SSSR count). The maximum Gasteiger partial charge on any atom is 0.123 e. The van der Waals surface area contributed by atoms with E-state index in [0.717, 1.165) is 42.3 Å². The Morgan fingerprint density at radius 1 is 1.24 bits per heavy atom. The van der Waals surface area contributed by atoms with Gasteiger partial charge in [0, 0.05) is 61.3 Å². The van der Waals surface area contributed by atoms with Crippen molar-refractivity contribution in [2.75, 3.05) is 19.6 Å². The molecule has 1 unspecified atom stereocenters. The average Bonchev–Trinajstić information content (AvgIpc) is 3.11. The summed E-state index contributed by atoms with van der Waals surface area (Å²) < 4.78 is 13.6. The standard InChI is InChI=1S/C19H19FN4S/c20-16-3-1-2-15(10-16)18-12-22-8-9-24(18)13-17-11-23-19(25-17)14-4-6-21-7-5-14/h1-7,10-11,18,22H,8-9,12-13H2. The monoisotopic (exact) mass is 354 g/mol. The van der Waals surface area contributed by atoms with Crippen molar-refractivity contribution in [1.29, 1.82) is 0 Å². The summed E-state index contributed by atoms with van der Waals surface area (Å²) in [6.45, 7) is 3.54. The van der Waals surface area contributed by atoms with Crippen molar-refractivity contribution in [2.45, 2.75) is 12.6 Å². The normalized spacial score (nSPS) is 18.4. The number of aromatic nitrogens is 2. The van der Waals surface area contributed by atoms with E-state index in [1.807, 2.05) is 24.4 Å². The van der Waals surface area contributed by atoms with E-state index in [9.17, 15) is 4.39 Å². The summed E-state index contributed by atoms with van der Waals surface area (Å²) in [6, 6.07) is 11.0. The molecule has 1 aromatic carbocycles. The predicted molar refractivity (Wildman–Crippen MR) is 97.8 cm³/mol. The summed E-state index contributed by atoms with van der Waals surface area (Å²) >= 11 is 1.70. The van der Waals surface area contributed by atoms with Crippen molar-refractivity contribution in [2.24, 2.45) is 0 Å². The van der Waals surface area contributed by atoms with Gasteiger partial charge in [-0.05, 0) is 29.8 Å². The van der Waals surface area contributed by atoms with Crippen LogP contribution in [0.15, 0.2) is 55.0 Å². The van der Waals surface area contributed by atoms with Gasteiger partial charge in [0.1, 0.15) is 10.8 Å². The molecule has 1 saturated heterocycles. The van der Waals surface area contributed by atoms with Gasteiger partial charge in [-0.1, -0.05) is 12.1 Å². The second-order valence-electron chi connectivity index (χ2n) is 6.11. The summed E-state index contributed by atoms with van der Waals surface area (Å²) in [5, 5.41) is 4.43. The van der Waals surface area contributed by atoms with Crippen LogP contribution in [0.2, 0.25) is 0 Å². The number of rotatable bonds is 4. The zero-order valence-corrected chi connectivity index (χ0v) is 14.5. The number of halogens is 1.